The number of amides is 1. The summed E-state index contributed by atoms with van der Waals surface area (Å²) in [6, 6.07) is 18.9. The van der Waals surface area contributed by atoms with Gasteiger partial charge in [0, 0.05) is 36.7 Å². The molecule has 0 radical (unpaired) electrons. The predicted molar refractivity (Wildman–Crippen MR) is 113 cm³/mol. The molecule has 0 saturated carbocycles. The van der Waals surface area contributed by atoms with E-state index >= 15 is 0 Å². The average molecular weight is 430 g/mol. The van der Waals surface area contributed by atoms with Crippen molar-refractivity contribution >= 4 is 33.2 Å². The summed E-state index contributed by atoms with van der Waals surface area (Å²) in [6.45, 7) is -0.284. The van der Waals surface area contributed by atoms with Crippen LogP contribution in [-0.4, -0.2) is 37.2 Å². The summed E-state index contributed by atoms with van der Waals surface area (Å²) in [6.07, 6.45) is 2.77. The van der Waals surface area contributed by atoms with Gasteiger partial charge in [-0.3, -0.25) is 9.78 Å². The maximum atomic E-state index is 13.2. The minimum Gasteiger partial charge on any atom is -0.314 e. The summed E-state index contributed by atoms with van der Waals surface area (Å²) in [5.41, 5.74) is 1.40. The largest absolute Gasteiger partial charge is 0.314 e. The van der Waals surface area contributed by atoms with Crippen molar-refractivity contribution in [2.45, 2.75) is 11.4 Å². The lowest BCUT2D eigenvalue weighted by atomic mass is 10.2. The number of likely N-dealkylation sites (N-methyl/N-ethyl adjacent to an activating group) is 1. The van der Waals surface area contributed by atoms with E-state index in [1.165, 1.54) is 23.4 Å². The van der Waals surface area contributed by atoms with Crippen molar-refractivity contribution < 1.29 is 13.2 Å². The highest BCUT2D eigenvalue weighted by molar-refractivity contribution is 7.89. The molecule has 1 heterocycles. The minimum absolute atomic E-state index is 0.0305. The van der Waals surface area contributed by atoms with E-state index in [2.05, 4.69) is 4.98 Å². The fourth-order valence-electron chi connectivity index (χ4n) is 2.72. The third-order valence-corrected chi connectivity index (χ3v) is 6.40. The van der Waals surface area contributed by atoms with Gasteiger partial charge in [0.2, 0.25) is 15.9 Å². The van der Waals surface area contributed by atoms with Crippen LogP contribution in [0.15, 0.2) is 84.0 Å². The first-order chi connectivity index (χ1) is 13.9. The molecule has 0 unspecified atom stereocenters. The number of sulfonamides is 1. The molecule has 1 aromatic heterocycles. The van der Waals surface area contributed by atoms with E-state index in [1.54, 1.807) is 49.5 Å². The number of anilines is 1. The second-order valence-corrected chi connectivity index (χ2v) is 8.75. The quantitative estimate of drug-likeness (QED) is 0.575. The van der Waals surface area contributed by atoms with Crippen molar-refractivity contribution in [3.8, 4) is 0 Å². The van der Waals surface area contributed by atoms with Crippen LogP contribution >= 0.6 is 11.6 Å². The van der Waals surface area contributed by atoms with Gasteiger partial charge in [0.05, 0.1) is 6.54 Å². The summed E-state index contributed by atoms with van der Waals surface area (Å²) in [5, 5.41) is 0.551. The molecule has 0 N–H and O–H groups in total. The molecule has 0 atom stereocenters. The number of carbonyl (C=O) groups is 1. The van der Waals surface area contributed by atoms with Gasteiger partial charge in [0.1, 0.15) is 4.90 Å². The van der Waals surface area contributed by atoms with Crippen LogP contribution in [0.1, 0.15) is 5.56 Å². The Balaban J connectivity index is 1.90. The Labute approximate surface area is 175 Å². The molecule has 0 saturated heterocycles. The summed E-state index contributed by atoms with van der Waals surface area (Å²) in [7, 11) is -2.31. The molecule has 0 spiro atoms. The Morgan fingerprint density at radius 1 is 1.00 bits per heavy atom. The molecule has 3 aromatic rings. The first-order valence-electron chi connectivity index (χ1n) is 8.84. The third kappa shape index (κ3) is 5.20. The zero-order chi connectivity index (χ0) is 20.9. The van der Waals surface area contributed by atoms with E-state index in [0.29, 0.717) is 10.7 Å². The fraction of sp³-hybridized carbons (Fsp3) is 0.143. The summed E-state index contributed by atoms with van der Waals surface area (Å²) >= 11 is 5.93. The lowest BCUT2D eigenvalue weighted by Crippen LogP contribution is -2.41. The molecular weight excluding hydrogens is 410 g/mol. The van der Waals surface area contributed by atoms with Gasteiger partial charge in [-0.2, -0.15) is 4.31 Å². The molecule has 1 amide bonds. The van der Waals surface area contributed by atoms with Crippen LogP contribution in [0.3, 0.4) is 0 Å². The van der Waals surface area contributed by atoms with Crippen LogP contribution in [-0.2, 0) is 21.4 Å². The molecule has 6 nitrogen and oxygen atoms in total. The maximum absolute atomic E-state index is 13.2. The monoisotopic (exact) mass is 429 g/mol. The van der Waals surface area contributed by atoms with Gasteiger partial charge >= 0.3 is 0 Å². The highest BCUT2D eigenvalue weighted by Crippen LogP contribution is 2.20. The standard InChI is InChI=1S/C21H20ClN3O3S/c1-24(19-6-3-2-4-7-19)21(26)16-25(15-17-9-11-18(22)12-10-17)29(27,28)20-8-5-13-23-14-20/h2-14H,15-16H2,1H3. The van der Waals surface area contributed by atoms with E-state index in [-0.39, 0.29) is 23.9 Å². The highest BCUT2D eigenvalue weighted by Gasteiger charge is 2.28. The minimum atomic E-state index is -3.93. The number of halogens is 1. The van der Waals surface area contributed by atoms with E-state index in [4.69, 9.17) is 11.6 Å². The topological polar surface area (TPSA) is 70.6 Å². The molecule has 2 aromatic carbocycles. The van der Waals surface area contributed by atoms with Gasteiger partial charge in [-0.1, -0.05) is 41.9 Å². The molecular formula is C21H20ClN3O3S. The van der Waals surface area contributed by atoms with E-state index in [1.807, 2.05) is 18.2 Å². The lowest BCUT2D eigenvalue weighted by Gasteiger charge is -2.25. The number of carbonyl (C=O) groups excluding carboxylic acids is 1. The first-order valence-corrected chi connectivity index (χ1v) is 10.7. The van der Waals surface area contributed by atoms with Gasteiger partial charge in [-0.15, -0.1) is 0 Å². The van der Waals surface area contributed by atoms with Crippen LogP contribution in [0.25, 0.3) is 0 Å². The zero-order valence-corrected chi connectivity index (χ0v) is 17.3. The average Bonchev–Trinajstić information content (AvgIpc) is 2.75. The Hall–Kier alpha value is -2.74. The zero-order valence-electron chi connectivity index (χ0n) is 15.8. The number of hydrogen-bond donors (Lipinski definition) is 0. The smallest absolute Gasteiger partial charge is 0.245 e. The molecule has 0 fully saturated rings. The van der Waals surface area contributed by atoms with Gasteiger partial charge in [0.15, 0.2) is 0 Å². The van der Waals surface area contributed by atoms with Crippen molar-refractivity contribution in [1.82, 2.24) is 9.29 Å². The summed E-state index contributed by atoms with van der Waals surface area (Å²) in [5.74, 6) is -0.349. The summed E-state index contributed by atoms with van der Waals surface area (Å²) in [4.78, 5) is 18.2. The number of aromatic nitrogens is 1. The van der Waals surface area contributed by atoms with Gasteiger partial charge in [0.25, 0.3) is 0 Å². The van der Waals surface area contributed by atoms with E-state index < -0.39 is 10.0 Å². The van der Waals surface area contributed by atoms with E-state index in [9.17, 15) is 13.2 Å². The van der Waals surface area contributed by atoms with Gasteiger partial charge < -0.3 is 4.90 Å². The predicted octanol–water partition coefficient (Wildman–Crippen LogP) is 3.59. The van der Waals surface area contributed by atoms with Crippen LogP contribution in [0, 0.1) is 0 Å². The fourth-order valence-corrected chi connectivity index (χ4v) is 4.19. The van der Waals surface area contributed by atoms with Gasteiger partial charge in [-0.25, -0.2) is 8.42 Å². The van der Waals surface area contributed by atoms with E-state index in [0.717, 1.165) is 9.87 Å². The number of benzene rings is 2. The Kier molecular flexibility index (Phi) is 6.64. The number of hydrogen-bond acceptors (Lipinski definition) is 4. The highest BCUT2D eigenvalue weighted by atomic mass is 35.5. The van der Waals surface area contributed by atoms with Crippen LogP contribution in [0.2, 0.25) is 5.02 Å². The second-order valence-electron chi connectivity index (χ2n) is 6.38. The molecule has 29 heavy (non-hydrogen) atoms. The Morgan fingerprint density at radius 3 is 2.31 bits per heavy atom. The van der Waals surface area contributed by atoms with Crippen molar-refractivity contribution in [3.63, 3.8) is 0 Å². The summed E-state index contributed by atoms with van der Waals surface area (Å²) < 4.78 is 27.5. The van der Waals surface area contributed by atoms with Crippen molar-refractivity contribution in [3.05, 3.63) is 89.7 Å². The van der Waals surface area contributed by atoms with Crippen LogP contribution in [0.5, 0.6) is 0 Å². The normalized spacial score (nSPS) is 11.4. The van der Waals surface area contributed by atoms with Gasteiger partial charge in [-0.05, 0) is 42.0 Å². The molecule has 0 aliphatic carbocycles. The Morgan fingerprint density at radius 2 is 1.69 bits per heavy atom. The second kappa shape index (κ2) is 9.17. The van der Waals surface area contributed by atoms with Crippen molar-refractivity contribution in [1.29, 1.82) is 0 Å². The lowest BCUT2D eigenvalue weighted by molar-refractivity contribution is -0.118. The number of pyridine rings is 1. The number of rotatable bonds is 7. The molecule has 0 bridgehead atoms. The molecule has 0 aliphatic heterocycles. The van der Waals surface area contributed by atoms with Crippen LogP contribution < -0.4 is 4.90 Å². The molecule has 3 rings (SSSR count). The number of para-hydroxylation sites is 1. The van der Waals surface area contributed by atoms with Crippen molar-refractivity contribution in [2.75, 3.05) is 18.5 Å². The van der Waals surface area contributed by atoms with Crippen LogP contribution in [0.4, 0.5) is 5.69 Å². The Bertz CT molecular complexity index is 1060. The molecule has 0 aliphatic rings. The van der Waals surface area contributed by atoms with Crippen molar-refractivity contribution in [2.24, 2.45) is 0 Å². The third-order valence-electron chi connectivity index (χ3n) is 4.37. The SMILES string of the molecule is CN(C(=O)CN(Cc1ccc(Cl)cc1)S(=O)(=O)c1cccnc1)c1ccccc1. The molecule has 150 valence electrons. The number of nitrogens with zero attached hydrogens (tertiary/aromatic N) is 3. The maximum Gasteiger partial charge on any atom is 0.245 e. The first kappa shape index (κ1) is 21.0. The molecule has 8 heteroatoms.